The van der Waals surface area contributed by atoms with E-state index >= 15 is 0 Å². The van der Waals surface area contributed by atoms with Crippen LogP contribution in [0.15, 0.2) is 78.5 Å². The van der Waals surface area contributed by atoms with Crippen molar-refractivity contribution in [3.05, 3.63) is 95.4 Å². The van der Waals surface area contributed by atoms with Crippen molar-refractivity contribution >= 4 is 28.8 Å². The Hall–Kier alpha value is -3.93. The van der Waals surface area contributed by atoms with Crippen LogP contribution in [0.1, 0.15) is 44.7 Å². The first-order valence-electron chi connectivity index (χ1n) is 11.3. The highest BCUT2D eigenvalue weighted by Gasteiger charge is 2.40. The summed E-state index contributed by atoms with van der Waals surface area (Å²) in [6, 6.07) is 20.1. The average molecular weight is 459 g/mol. The fourth-order valence-corrected chi connectivity index (χ4v) is 3.81. The van der Waals surface area contributed by atoms with Gasteiger partial charge in [-0.25, -0.2) is 9.29 Å². The van der Waals surface area contributed by atoms with Gasteiger partial charge in [0.05, 0.1) is 17.4 Å². The van der Waals surface area contributed by atoms with E-state index in [1.54, 1.807) is 36.4 Å². The predicted molar refractivity (Wildman–Crippen MR) is 132 cm³/mol. The number of nitrogens with zero attached hydrogens (tertiary/aromatic N) is 1. The highest BCUT2D eigenvalue weighted by molar-refractivity contribution is 6.46. The van der Waals surface area contributed by atoms with Crippen molar-refractivity contribution in [3.8, 4) is 5.75 Å². The second-order valence-corrected chi connectivity index (χ2v) is 8.76. The molecule has 0 aliphatic carbocycles. The minimum atomic E-state index is -0.468. The first-order valence-corrected chi connectivity index (χ1v) is 11.3. The number of imide groups is 1. The largest absolute Gasteiger partial charge is 0.491 e. The van der Waals surface area contributed by atoms with Gasteiger partial charge in [0.2, 0.25) is 0 Å². The Bertz CT molecular complexity index is 1230. The van der Waals surface area contributed by atoms with Gasteiger partial charge in [0.1, 0.15) is 17.3 Å². The molecule has 0 saturated heterocycles. The van der Waals surface area contributed by atoms with E-state index in [1.165, 1.54) is 24.3 Å². The van der Waals surface area contributed by atoms with E-state index in [9.17, 15) is 14.0 Å². The summed E-state index contributed by atoms with van der Waals surface area (Å²) in [6.45, 7) is 8.04. The van der Waals surface area contributed by atoms with Gasteiger partial charge < -0.3 is 10.1 Å². The Morgan fingerprint density at radius 3 is 1.97 bits per heavy atom. The molecule has 1 heterocycles. The van der Waals surface area contributed by atoms with Crippen LogP contribution in [0.25, 0.3) is 5.57 Å². The monoisotopic (exact) mass is 458 g/mol. The number of ether oxygens (including phenoxy) is 1. The van der Waals surface area contributed by atoms with Crippen LogP contribution in [0, 0.1) is 5.82 Å². The number of nitrogens with one attached hydrogen (secondary N) is 1. The van der Waals surface area contributed by atoms with E-state index in [0.717, 1.165) is 10.5 Å². The Kier molecular flexibility index (Phi) is 6.50. The van der Waals surface area contributed by atoms with Crippen LogP contribution < -0.4 is 15.0 Å². The molecule has 1 aliphatic heterocycles. The second-order valence-electron chi connectivity index (χ2n) is 8.76. The van der Waals surface area contributed by atoms with Crippen molar-refractivity contribution in [2.24, 2.45) is 0 Å². The number of halogens is 1. The van der Waals surface area contributed by atoms with Gasteiger partial charge in [-0.05, 0) is 79.4 Å². The maximum Gasteiger partial charge on any atom is 0.282 e. The summed E-state index contributed by atoms with van der Waals surface area (Å²) in [5, 5.41) is 3.11. The molecule has 0 radical (unpaired) electrons. The molecule has 0 unspecified atom stereocenters. The van der Waals surface area contributed by atoms with E-state index in [2.05, 4.69) is 19.2 Å². The van der Waals surface area contributed by atoms with Crippen LogP contribution in [0.5, 0.6) is 5.75 Å². The molecule has 1 N–H and O–H groups in total. The van der Waals surface area contributed by atoms with Crippen molar-refractivity contribution in [2.75, 3.05) is 10.2 Å². The Labute approximate surface area is 198 Å². The van der Waals surface area contributed by atoms with Gasteiger partial charge in [0.25, 0.3) is 11.8 Å². The fraction of sp³-hybridized carbons (Fsp3) is 0.214. The van der Waals surface area contributed by atoms with Crippen molar-refractivity contribution in [2.45, 2.75) is 39.7 Å². The number of amides is 2. The number of carbonyl (C=O) groups excluding carboxylic acids is 2. The molecule has 2 amide bonds. The molecular weight excluding hydrogens is 431 g/mol. The summed E-state index contributed by atoms with van der Waals surface area (Å²) in [5.41, 5.74) is 3.02. The lowest BCUT2D eigenvalue weighted by atomic mass is 10.0. The van der Waals surface area contributed by atoms with Crippen molar-refractivity contribution in [1.82, 2.24) is 0 Å². The highest BCUT2D eigenvalue weighted by Crippen LogP contribution is 2.34. The summed E-state index contributed by atoms with van der Waals surface area (Å²) < 4.78 is 19.2. The zero-order valence-electron chi connectivity index (χ0n) is 19.6. The van der Waals surface area contributed by atoms with Crippen LogP contribution in [0.3, 0.4) is 0 Å². The summed E-state index contributed by atoms with van der Waals surface area (Å²) in [7, 11) is 0. The molecular formula is C28H27FN2O3. The molecule has 0 atom stereocenters. The molecule has 0 aromatic heterocycles. The maximum absolute atomic E-state index is 13.6. The summed E-state index contributed by atoms with van der Waals surface area (Å²) in [5.74, 6) is -0.321. The van der Waals surface area contributed by atoms with Crippen molar-refractivity contribution < 1.29 is 18.7 Å². The third kappa shape index (κ3) is 4.71. The minimum absolute atomic E-state index is 0.0382. The van der Waals surface area contributed by atoms with Gasteiger partial charge in [0.15, 0.2) is 0 Å². The zero-order chi connectivity index (χ0) is 24.4. The Balaban J connectivity index is 1.72. The van der Waals surface area contributed by atoms with Crippen LogP contribution in [0.4, 0.5) is 15.8 Å². The van der Waals surface area contributed by atoms with Gasteiger partial charge in [-0.1, -0.05) is 38.1 Å². The molecule has 0 saturated carbocycles. The quantitative estimate of drug-likeness (QED) is 0.433. The molecule has 1 aliphatic rings. The smallest absolute Gasteiger partial charge is 0.282 e. The predicted octanol–water partition coefficient (Wildman–Crippen LogP) is 6.13. The van der Waals surface area contributed by atoms with E-state index in [0.29, 0.717) is 28.6 Å². The molecule has 5 nitrogen and oxygen atoms in total. The second kappa shape index (κ2) is 9.51. The lowest BCUT2D eigenvalue weighted by molar-refractivity contribution is -0.120. The van der Waals surface area contributed by atoms with Gasteiger partial charge in [-0.3, -0.25) is 9.59 Å². The molecule has 6 heteroatoms. The number of benzene rings is 3. The summed E-state index contributed by atoms with van der Waals surface area (Å²) in [4.78, 5) is 28.1. The van der Waals surface area contributed by atoms with Crippen LogP contribution in [-0.4, -0.2) is 17.9 Å². The van der Waals surface area contributed by atoms with Crippen molar-refractivity contribution in [1.29, 1.82) is 0 Å². The molecule has 174 valence electrons. The normalized spacial score (nSPS) is 13.9. The summed E-state index contributed by atoms with van der Waals surface area (Å²) in [6.07, 6.45) is 0.0382. The van der Waals surface area contributed by atoms with Gasteiger partial charge in [-0.2, -0.15) is 0 Å². The number of carbonyl (C=O) groups is 2. The molecule has 0 spiro atoms. The SMILES string of the molecule is CC(C)Oc1ccc(NC2=C(c3ccc(F)cc3)C(=O)N(c3ccc(C(C)C)cc3)C2=O)cc1. The lowest BCUT2D eigenvalue weighted by Crippen LogP contribution is -2.32. The first-order chi connectivity index (χ1) is 16.2. The number of hydrogen-bond donors (Lipinski definition) is 1. The minimum Gasteiger partial charge on any atom is -0.491 e. The van der Waals surface area contributed by atoms with E-state index < -0.39 is 17.6 Å². The lowest BCUT2D eigenvalue weighted by Gasteiger charge is -2.16. The van der Waals surface area contributed by atoms with Crippen LogP contribution in [-0.2, 0) is 9.59 Å². The molecule has 3 aromatic carbocycles. The molecule has 34 heavy (non-hydrogen) atoms. The third-order valence-corrected chi connectivity index (χ3v) is 5.53. The zero-order valence-corrected chi connectivity index (χ0v) is 19.6. The number of hydrogen-bond acceptors (Lipinski definition) is 4. The van der Waals surface area contributed by atoms with E-state index in [1.807, 2.05) is 26.0 Å². The molecule has 0 fully saturated rings. The highest BCUT2D eigenvalue weighted by atomic mass is 19.1. The summed E-state index contributed by atoms with van der Waals surface area (Å²) >= 11 is 0. The molecule has 3 aromatic rings. The topological polar surface area (TPSA) is 58.6 Å². The maximum atomic E-state index is 13.6. The van der Waals surface area contributed by atoms with E-state index in [-0.39, 0.29) is 17.4 Å². The fourth-order valence-electron chi connectivity index (χ4n) is 3.81. The number of rotatable bonds is 7. The Morgan fingerprint density at radius 1 is 0.794 bits per heavy atom. The van der Waals surface area contributed by atoms with E-state index in [4.69, 9.17) is 4.74 Å². The first kappa shape index (κ1) is 23.2. The van der Waals surface area contributed by atoms with Gasteiger partial charge >= 0.3 is 0 Å². The standard InChI is InChI=1S/C28H27FN2O3/c1-17(2)19-7-13-23(14-8-19)31-27(32)25(20-5-9-21(29)10-6-20)26(28(31)33)30-22-11-15-24(16-12-22)34-18(3)4/h5-18,30H,1-4H3. The van der Waals surface area contributed by atoms with Gasteiger partial charge in [-0.15, -0.1) is 0 Å². The van der Waals surface area contributed by atoms with Crippen molar-refractivity contribution in [3.63, 3.8) is 0 Å². The number of anilines is 2. The Morgan fingerprint density at radius 2 is 1.41 bits per heavy atom. The van der Waals surface area contributed by atoms with Crippen LogP contribution in [0.2, 0.25) is 0 Å². The van der Waals surface area contributed by atoms with Crippen LogP contribution >= 0.6 is 0 Å². The molecule has 4 rings (SSSR count). The average Bonchev–Trinajstić information content (AvgIpc) is 3.04. The van der Waals surface area contributed by atoms with Gasteiger partial charge in [0, 0.05) is 5.69 Å². The molecule has 0 bridgehead atoms. The third-order valence-electron chi connectivity index (χ3n) is 5.53.